The summed E-state index contributed by atoms with van der Waals surface area (Å²) < 4.78 is 37.2. The van der Waals surface area contributed by atoms with Gasteiger partial charge in [0.15, 0.2) is 21.3 Å². The van der Waals surface area contributed by atoms with E-state index in [0.29, 0.717) is 47.9 Å². The van der Waals surface area contributed by atoms with E-state index in [9.17, 15) is 13.2 Å². The first-order valence-corrected chi connectivity index (χ1v) is 12.3. The van der Waals surface area contributed by atoms with Gasteiger partial charge in [0.2, 0.25) is 0 Å². The summed E-state index contributed by atoms with van der Waals surface area (Å²) in [5, 5.41) is 2.91. The van der Waals surface area contributed by atoms with E-state index in [1.54, 1.807) is 18.4 Å². The minimum absolute atomic E-state index is 0.00989. The van der Waals surface area contributed by atoms with Crippen molar-refractivity contribution < 1.29 is 22.4 Å². The Labute approximate surface area is 179 Å². The minimum Gasteiger partial charge on any atom is -0.463 e. The lowest BCUT2D eigenvalue weighted by atomic mass is 10.2. The number of hydrogen-bond acceptors (Lipinski definition) is 7. The lowest BCUT2D eigenvalue weighted by Gasteiger charge is -2.14. The highest BCUT2D eigenvalue weighted by molar-refractivity contribution is 7.91. The van der Waals surface area contributed by atoms with Crippen LogP contribution in [-0.2, 0) is 14.6 Å². The van der Waals surface area contributed by atoms with Gasteiger partial charge in [-0.25, -0.2) is 18.4 Å². The molecule has 5 heterocycles. The molecule has 1 amide bonds. The lowest BCUT2D eigenvalue weighted by Crippen LogP contribution is -2.32. The number of ether oxygens (including phenoxy) is 1. The number of hydrogen-bond donors (Lipinski definition) is 1. The molecule has 31 heavy (non-hydrogen) atoms. The third-order valence-corrected chi connectivity index (χ3v) is 7.68. The molecule has 2 atom stereocenters. The predicted molar refractivity (Wildman–Crippen MR) is 114 cm³/mol. The number of carbonyl (C=O) groups excluding carboxylic acids is 1. The summed E-state index contributed by atoms with van der Waals surface area (Å²) in [6, 6.07) is 5.13. The number of sulfone groups is 1. The molecule has 0 radical (unpaired) electrons. The second kappa shape index (κ2) is 7.76. The Hall–Kier alpha value is -2.72. The number of furan rings is 1. The van der Waals surface area contributed by atoms with Gasteiger partial charge in [0, 0.05) is 13.2 Å². The Morgan fingerprint density at radius 2 is 2.19 bits per heavy atom. The maximum absolute atomic E-state index is 13.1. The maximum Gasteiger partial charge on any atom is 0.272 e. The van der Waals surface area contributed by atoms with E-state index in [1.807, 2.05) is 17.6 Å². The largest absolute Gasteiger partial charge is 0.463 e. The van der Waals surface area contributed by atoms with Crippen molar-refractivity contribution in [2.75, 3.05) is 24.7 Å². The van der Waals surface area contributed by atoms with E-state index < -0.39 is 9.84 Å². The number of amides is 1. The molecular formula is C21H24N4O5S. The van der Waals surface area contributed by atoms with E-state index in [1.165, 1.54) is 0 Å². The summed E-state index contributed by atoms with van der Waals surface area (Å²) in [4.78, 5) is 22.2. The molecule has 3 aromatic heterocycles. The minimum atomic E-state index is -3.08. The number of nitrogens with one attached hydrogen (secondary N) is 1. The second-order valence-corrected chi connectivity index (χ2v) is 10.4. The monoisotopic (exact) mass is 444 g/mol. The Morgan fingerprint density at radius 3 is 2.87 bits per heavy atom. The summed E-state index contributed by atoms with van der Waals surface area (Å²) >= 11 is 0. The van der Waals surface area contributed by atoms with Crippen molar-refractivity contribution in [2.24, 2.45) is 0 Å². The number of nitrogens with zero attached hydrogens (tertiary/aromatic N) is 3. The molecule has 2 aliphatic rings. The van der Waals surface area contributed by atoms with E-state index in [-0.39, 0.29) is 35.3 Å². The Bertz CT molecular complexity index is 1230. The van der Waals surface area contributed by atoms with E-state index >= 15 is 0 Å². The molecule has 2 aliphatic heterocycles. The van der Waals surface area contributed by atoms with Crippen molar-refractivity contribution >= 4 is 26.8 Å². The highest BCUT2D eigenvalue weighted by atomic mass is 32.2. The molecule has 0 bridgehead atoms. The zero-order chi connectivity index (χ0) is 21.6. The SMILES string of the molecule is Cc1nc2c(C(=O)NC[C@@H]3CCCO3)nc(-c3ccco3)cc2n1[C@@H]1CCS(=O)(=O)C1. The molecule has 0 aromatic carbocycles. The van der Waals surface area contributed by atoms with E-state index in [2.05, 4.69) is 15.3 Å². The third-order valence-electron chi connectivity index (χ3n) is 5.93. The zero-order valence-corrected chi connectivity index (χ0v) is 18.0. The van der Waals surface area contributed by atoms with Crippen molar-refractivity contribution in [3.05, 3.63) is 36.0 Å². The van der Waals surface area contributed by atoms with Crippen LogP contribution in [0, 0.1) is 6.92 Å². The molecule has 0 spiro atoms. The molecule has 3 aromatic rings. The van der Waals surface area contributed by atoms with Crippen LogP contribution in [0.4, 0.5) is 0 Å². The number of rotatable bonds is 5. The first-order chi connectivity index (χ1) is 14.9. The first kappa shape index (κ1) is 20.2. The summed E-state index contributed by atoms with van der Waals surface area (Å²) in [6.45, 7) is 2.95. The molecule has 0 unspecified atom stereocenters. The van der Waals surface area contributed by atoms with Gasteiger partial charge in [-0.2, -0.15) is 0 Å². The second-order valence-electron chi connectivity index (χ2n) is 8.13. The van der Waals surface area contributed by atoms with Gasteiger partial charge >= 0.3 is 0 Å². The number of pyridine rings is 1. The number of carbonyl (C=O) groups is 1. The van der Waals surface area contributed by atoms with Crippen LogP contribution >= 0.6 is 0 Å². The smallest absolute Gasteiger partial charge is 0.272 e. The molecule has 2 saturated heterocycles. The Balaban J connectivity index is 1.58. The van der Waals surface area contributed by atoms with Crippen molar-refractivity contribution in [3.63, 3.8) is 0 Å². The van der Waals surface area contributed by atoms with Crippen LogP contribution in [0.15, 0.2) is 28.9 Å². The van der Waals surface area contributed by atoms with Gasteiger partial charge in [-0.15, -0.1) is 0 Å². The molecule has 0 aliphatic carbocycles. The fraction of sp³-hybridized carbons (Fsp3) is 0.476. The fourth-order valence-electron chi connectivity index (χ4n) is 4.45. The van der Waals surface area contributed by atoms with Crippen molar-refractivity contribution in [2.45, 2.75) is 38.3 Å². The topological polar surface area (TPSA) is 116 Å². The molecule has 10 heteroatoms. The third kappa shape index (κ3) is 3.85. The average molecular weight is 445 g/mol. The van der Waals surface area contributed by atoms with Gasteiger partial charge in [0.05, 0.1) is 35.4 Å². The van der Waals surface area contributed by atoms with E-state index in [0.717, 1.165) is 12.8 Å². The van der Waals surface area contributed by atoms with Gasteiger partial charge < -0.3 is 19.0 Å². The molecule has 9 nitrogen and oxygen atoms in total. The maximum atomic E-state index is 13.1. The fourth-order valence-corrected chi connectivity index (χ4v) is 6.15. The first-order valence-electron chi connectivity index (χ1n) is 10.4. The summed E-state index contributed by atoms with van der Waals surface area (Å²) in [7, 11) is -3.08. The normalized spacial score (nSPS) is 22.9. The molecule has 1 N–H and O–H groups in total. The average Bonchev–Trinajstić information content (AvgIpc) is 3.52. The van der Waals surface area contributed by atoms with Gasteiger partial charge in [-0.05, 0) is 44.4 Å². The van der Waals surface area contributed by atoms with Crippen LogP contribution in [0.3, 0.4) is 0 Å². The number of imidazole rings is 1. The highest BCUT2D eigenvalue weighted by Gasteiger charge is 2.32. The van der Waals surface area contributed by atoms with Gasteiger partial charge in [-0.3, -0.25) is 4.79 Å². The van der Waals surface area contributed by atoms with Crippen molar-refractivity contribution in [1.82, 2.24) is 19.9 Å². The van der Waals surface area contributed by atoms with Crippen LogP contribution < -0.4 is 5.32 Å². The van der Waals surface area contributed by atoms with E-state index in [4.69, 9.17) is 9.15 Å². The molecular weight excluding hydrogens is 420 g/mol. The van der Waals surface area contributed by atoms with Gasteiger partial charge in [0.25, 0.3) is 5.91 Å². The van der Waals surface area contributed by atoms with Crippen LogP contribution in [0.25, 0.3) is 22.5 Å². The van der Waals surface area contributed by atoms with Crippen LogP contribution in [0.2, 0.25) is 0 Å². The molecule has 164 valence electrons. The van der Waals surface area contributed by atoms with Crippen LogP contribution in [0.1, 0.15) is 41.6 Å². The molecule has 5 rings (SSSR count). The van der Waals surface area contributed by atoms with Gasteiger partial charge in [0.1, 0.15) is 17.0 Å². The predicted octanol–water partition coefficient (Wildman–Crippen LogP) is 2.27. The van der Waals surface area contributed by atoms with Crippen LogP contribution in [0.5, 0.6) is 0 Å². The highest BCUT2D eigenvalue weighted by Crippen LogP contribution is 2.32. The zero-order valence-electron chi connectivity index (χ0n) is 17.2. The molecule has 0 saturated carbocycles. The molecule has 2 fully saturated rings. The van der Waals surface area contributed by atoms with Crippen molar-refractivity contribution in [3.8, 4) is 11.5 Å². The van der Waals surface area contributed by atoms with Crippen molar-refractivity contribution in [1.29, 1.82) is 0 Å². The number of fused-ring (bicyclic) bond motifs is 1. The quantitative estimate of drug-likeness (QED) is 0.642. The number of aryl methyl sites for hydroxylation is 1. The van der Waals surface area contributed by atoms with Crippen LogP contribution in [-0.4, -0.2) is 59.6 Å². The van der Waals surface area contributed by atoms with Gasteiger partial charge in [-0.1, -0.05) is 0 Å². The number of aromatic nitrogens is 3. The standard InChI is InChI=1S/C21H24N4O5S/c1-13-23-19-17(25(13)14-6-9-31(27,28)12-14)10-16(18-5-3-8-30-18)24-20(19)21(26)22-11-15-4-2-7-29-15/h3,5,8,10,14-15H,2,4,6-7,9,11-12H2,1H3,(H,22,26)/t14-,15+/m1/s1. The summed E-state index contributed by atoms with van der Waals surface area (Å²) in [6.07, 6.45) is 3.98. The summed E-state index contributed by atoms with van der Waals surface area (Å²) in [5.41, 5.74) is 1.84. The Morgan fingerprint density at radius 1 is 1.32 bits per heavy atom. The lowest BCUT2D eigenvalue weighted by molar-refractivity contribution is 0.0855. The summed E-state index contributed by atoms with van der Waals surface area (Å²) in [5.74, 6) is 1.07. The Kier molecular flexibility index (Phi) is 5.05.